The van der Waals surface area contributed by atoms with Gasteiger partial charge in [0.1, 0.15) is 12.2 Å². The number of hydrazone groups is 1. The summed E-state index contributed by atoms with van der Waals surface area (Å²) in [4.78, 5) is 2.09. The number of hydrazine groups is 1. The van der Waals surface area contributed by atoms with Gasteiger partial charge in [-0.2, -0.15) is 5.10 Å². The number of benzene rings is 2. The first-order valence-corrected chi connectivity index (χ1v) is 7.13. The Balaban J connectivity index is 2.34. The maximum absolute atomic E-state index is 13.3. The van der Waals surface area contributed by atoms with Crippen molar-refractivity contribution in [3.8, 4) is 0 Å². The van der Waals surface area contributed by atoms with Crippen LogP contribution in [0.25, 0.3) is 10.8 Å². The van der Waals surface area contributed by atoms with Gasteiger partial charge in [-0.15, -0.1) is 0 Å². The van der Waals surface area contributed by atoms with Gasteiger partial charge in [-0.1, -0.05) is 18.2 Å². The van der Waals surface area contributed by atoms with Crippen LogP contribution in [0.15, 0.2) is 41.5 Å². The molecule has 0 amide bonds. The molecule has 0 aliphatic carbocycles. The summed E-state index contributed by atoms with van der Waals surface area (Å²) in [5, 5.41) is 7.16. The minimum absolute atomic E-state index is 0.100. The molecule has 0 fully saturated rings. The first-order valence-electron chi connectivity index (χ1n) is 7.13. The Bertz CT molecular complexity index is 656. The topological polar surface area (TPSA) is 70.9 Å². The van der Waals surface area contributed by atoms with E-state index >= 15 is 0 Å². The van der Waals surface area contributed by atoms with Crippen molar-refractivity contribution in [1.82, 2.24) is 10.0 Å². The average Bonchev–Trinajstić information content (AvgIpc) is 2.47. The Labute approximate surface area is 130 Å². The Kier molecular flexibility index (Phi) is 5.30. The number of hydrogen-bond donors (Lipinski definition) is 2. The molecule has 4 N–H and O–H groups in total. The fourth-order valence-corrected chi connectivity index (χ4v) is 2.43. The van der Waals surface area contributed by atoms with Crippen LogP contribution in [0.2, 0.25) is 0 Å². The molecule has 0 spiro atoms. The lowest BCUT2D eigenvalue weighted by atomic mass is 9.99. The van der Waals surface area contributed by atoms with Crippen molar-refractivity contribution < 1.29 is 4.39 Å². The third-order valence-corrected chi connectivity index (χ3v) is 3.58. The van der Waals surface area contributed by atoms with Crippen molar-refractivity contribution >= 4 is 17.1 Å². The van der Waals surface area contributed by atoms with E-state index < -0.39 is 0 Å². The normalized spacial score (nSPS) is 13.1. The molecule has 0 radical (unpaired) electrons. The van der Waals surface area contributed by atoms with Crippen LogP contribution in [0.3, 0.4) is 0 Å². The summed E-state index contributed by atoms with van der Waals surface area (Å²) in [5.41, 5.74) is 6.37. The van der Waals surface area contributed by atoms with E-state index in [9.17, 15) is 4.39 Å². The zero-order valence-electron chi connectivity index (χ0n) is 12.9. The van der Waals surface area contributed by atoms with Crippen LogP contribution in [0, 0.1) is 5.82 Å². The molecule has 118 valence electrons. The highest BCUT2D eigenvalue weighted by atomic mass is 19.1. The fraction of sp³-hybridized carbons (Fsp3) is 0.312. The minimum atomic E-state index is -0.238. The highest BCUT2D eigenvalue weighted by Gasteiger charge is 2.17. The SMILES string of the molecule is CN(C)CCC(c1ccc2cc(F)ccc2c1)N(N)/N=C\N. The average molecular weight is 303 g/mol. The lowest BCUT2D eigenvalue weighted by molar-refractivity contribution is 0.187. The van der Waals surface area contributed by atoms with Crippen LogP contribution in [-0.4, -0.2) is 37.0 Å². The predicted octanol–water partition coefficient (Wildman–Crippen LogP) is 2.05. The lowest BCUT2D eigenvalue weighted by Gasteiger charge is -2.26. The Morgan fingerprint density at radius 1 is 1.18 bits per heavy atom. The van der Waals surface area contributed by atoms with Crippen molar-refractivity contribution in [3.63, 3.8) is 0 Å². The van der Waals surface area contributed by atoms with Gasteiger partial charge in [-0.25, -0.2) is 15.4 Å². The van der Waals surface area contributed by atoms with E-state index in [2.05, 4.69) is 10.0 Å². The van der Waals surface area contributed by atoms with Crippen LogP contribution in [0.5, 0.6) is 0 Å². The molecule has 2 aromatic carbocycles. The van der Waals surface area contributed by atoms with Gasteiger partial charge >= 0.3 is 0 Å². The lowest BCUT2D eigenvalue weighted by Crippen LogP contribution is -2.33. The number of rotatable bonds is 6. The molecular weight excluding hydrogens is 281 g/mol. The van der Waals surface area contributed by atoms with E-state index in [0.717, 1.165) is 29.3 Å². The first-order chi connectivity index (χ1) is 10.5. The molecule has 1 unspecified atom stereocenters. The van der Waals surface area contributed by atoms with Gasteiger partial charge in [0.2, 0.25) is 0 Å². The molecule has 0 saturated carbocycles. The zero-order valence-corrected chi connectivity index (χ0v) is 12.9. The molecule has 0 bridgehead atoms. The van der Waals surface area contributed by atoms with Crippen molar-refractivity contribution in [1.29, 1.82) is 0 Å². The van der Waals surface area contributed by atoms with E-state index in [4.69, 9.17) is 11.6 Å². The summed E-state index contributed by atoms with van der Waals surface area (Å²) in [6.45, 7) is 0.861. The van der Waals surface area contributed by atoms with Crippen molar-refractivity contribution in [2.75, 3.05) is 20.6 Å². The van der Waals surface area contributed by atoms with Gasteiger partial charge in [0.05, 0.1) is 6.04 Å². The van der Waals surface area contributed by atoms with Crippen molar-refractivity contribution in [2.24, 2.45) is 16.7 Å². The molecule has 5 nitrogen and oxygen atoms in total. The predicted molar refractivity (Wildman–Crippen MR) is 88.5 cm³/mol. The first kappa shape index (κ1) is 16.2. The van der Waals surface area contributed by atoms with Gasteiger partial charge in [0.15, 0.2) is 0 Å². The molecule has 0 heterocycles. The van der Waals surface area contributed by atoms with E-state index in [0.29, 0.717) is 0 Å². The maximum atomic E-state index is 13.3. The number of halogens is 1. The second-order valence-corrected chi connectivity index (χ2v) is 5.50. The molecule has 0 aromatic heterocycles. The van der Waals surface area contributed by atoms with Gasteiger partial charge < -0.3 is 10.6 Å². The Hall–Kier alpha value is -2.18. The van der Waals surface area contributed by atoms with E-state index in [-0.39, 0.29) is 11.9 Å². The summed E-state index contributed by atoms with van der Waals surface area (Å²) in [7, 11) is 4.01. The molecule has 22 heavy (non-hydrogen) atoms. The molecule has 0 aliphatic rings. The summed E-state index contributed by atoms with van der Waals surface area (Å²) < 4.78 is 13.3. The molecule has 1 atom stereocenters. The Morgan fingerprint density at radius 2 is 1.86 bits per heavy atom. The molecule has 6 heteroatoms. The molecule has 0 saturated heterocycles. The fourth-order valence-electron chi connectivity index (χ4n) is 2.43. The quantitative estimate of drug-likeness (QED) is 0.371. The third-order valence-electron chi connectivity index (χ3n) is 3.58. The second kappa shape index (κ2) is 7.20. The molecule has 2 aromatic rings. The standard InChI is InChI=1S/C16H22FN5/c1-21(2)8-7-16(22(19)20-11-18)14-4-3-13-10-15(17)6-5-12(13)9-14/h3-6,9-11,16H,7-8,19H2,1-2H3,(H2,18,20). The zero-order chi connectivity index (χ0) is 16.1. The van der Waals surface area contributed by atoms with Crippen LogP contribution in [0.1, 0.15) is 18.0 Å². The van der Waals surface area contributed by atoms with Crippen LogP contribution >= 0.6 is 0 Å². The van der Waals surface area contributed by atoms with Crippen molar-refractivity contribution in [3.05, 3.63) is 47.8 Å². The molecular formula is C16H22FN5. The highest BCUT2D eigenvalue weighted by Crippen LogP contribution is 2.26. The van der Waals surface area contributed by atoms with Crippen LogP contribution in [0.4, 0.5) is 4.39 Å². The van der Waals surface area contributed by atoms with Gasteiger partial charge in [-0.3, -0.25) is 0 Å². The molecule has 0 aliphatic heterocycles. The monoisotopic (exact) mass is 303 g/mol. The summed E-state index contributed by atoms with van der Waals surface area (Å²) in [6.07, 6.45) is 1.98. The van der Waals surface area contributed by atoms with Gasteiger partial charge in [0, 0.05) is 0 Å². The largest absolute Gasteiger partial charge is 0.388 e. The number of hydrogen-bond acceptors (Lipinski definition) is 4. The maximum Gasteiger partial charge on any atom is 0.123 e. The molecule has 2 rings (SSSR count). The van der Waals surface area contributed by atoms with Gasteiger partial charge in [0.25, 0.3) is 0 Å². The minimum Gasteiger partial charge on any atom is -0.388 e. The van der Waals surface area contributed by atoms with E-state index in [1.165, 1.54) is 23.6 Å². The Morgan fingerprint density at radius 3 is 2.55 bits per heavy atom. The van der Waals surface area contributed by atoms with Crippen LogP contribution < -0.4 is 11.6 Å². The van der Waals surface area contributed by atoms with Gasteiger partial charge in [-0.05, 0) is 61.6 Å². The van der Waals surface area contributed by atoms with Crippen molar-refractivity contribution in [2.45, 2.75) is 12.5 Å². The summed E-state index contributed by atoms with van der Waals surface area (Å²) >= 11 is 0. The number of nitrogens with two attached hydrogens (primary N) is 2. The summed E-state index contributed by atoms with van der Waals surface area (Å²) in [6, 6.07) is 10.5. The third kappa shape index (κ3) is 3.93. The van der Waals surface area contributed by atoms with Crippen LogP contribution in [-0.2, 0) is 0 Å². The number of nitrogens with zero attached hydrogens (tertiary/aromatic N) is 3. The smallest absolute Gasteiger partial charge is 0.123 e. The number of fused-ring (bicyclic) bond motifs is 1. The summed E-state index contributed by atoms with van der Waals surface area (Å²) in [5.74, 6) is 5.75. The highest BCUT2D eigenvalue weighted by molar-refractivity contribution is 5.83. The van der Waals surface area contributed by atoms with E-state index in [1.54, 1.807) is 6.07 Å². The second-order valence-electron chi connectivity index (χ2n) is 5.50. The van der Waals surface area contributed by atoms with E-state index in [1.807, 2.05) is 32.3 Å².